The van der Waals surface area contributed by atoms with Crippen molar-refractivity contribution in [2.75, 3.05) is 13.1 Å². The minimum atomic E-state index is 0.452. The molecule has 0 aromatic rings. The lowest BCUT2D eigenvalue weighted by atomic mass is 9.85. The van der Waals surface area contributed by atoms with Gasteiger partial charge in [-0.15, -0.1) is 0 Å². The second kappa shape index (κ2) is 7.14. The smallest absolute Gasteiger partial charge is 0.00437 e. The van der Waals surface area contributed by atoms with Gasteiger partial charge in [0.2, 0.25) is 0 Å². The molecule has 0 aliphatic heterocycles. The number of allylic oxidation sites excluding steroid dienone is 2. The molecular formula is C12H25N. The maximum absolute atomic E-state index is 3.44. The van der Waals surface area contributed by atoms with E-state index in [0.29, 0.717) is 5.41 Å². The first kappa shape index (κ1) is 12.7. The van der Waals surface area contributed by atoms with Crippen LogP contribution in [-0.4, -0.2) is 13.1 Å². The molecule has 1 N–H and O–H groups in total. The Morgan fingerprint density at radius 1 is 1.23 bits per heavy atom. The Hall–Kier alpha value is -0.300. The standard InChI is InChI=1S/C12H25N/c1-5-7-8-12(3,4)9-11-13-10-6-2/h5,7,13H,6,8-11H2,1-4H3. The van der Waals surface area contributed by atoms with Crippen LogP contribution in [0.1, 0.15) is 47.0 Å². The minimum absolute atomic E-state index is 0.452. The molecule has 0 aliphatic carbocycles. The summed E-state index contributed by atoms with van der Waals surface area (Å²) >= 11 is 0. The summed E-state index contributed by atoms with van der Waals surface area (Å²) in [6.07, 6.45) is 8.09. The molecule has 0 saturated carbocycles. The van der Waals surface area contributed by atoms with Crippen molar-refractivity contribution < 1.29 is 0 Å². The first-order chi connectivity index (χ1) is 6.12. The maximum Gasteiger partial charge on any atom is -0.00437 e. The van der Waals surface area contributed by atoms with E-state index < -0.39 is 0 Å². The van der Waals surface area contributed by atoms with Crippen LogP contribution in [0.4, 0.5) is 0 Å². The van der Waals surface area contributed by atoms with Crippen molar-refractivity contribution in [3.8, 4) is 0 Å². The zero-order valence-corrected chi connectivity index (χ0v) is 9.69. The molecule has 0 rings (SSSR count). The third-order valence-corrected chi connectivity index (χ3v) is 2.31. The monoisotopic (exact) mass is 183 g/mol. The maximum atomic E-state index is 3.44. The minimum Gasteiger partial charge on any atom is -0.317 e. The van der Waals surface area contributed by atoms with Gasteiger partial charge in [0.25, 0.3) is 0 Å². The Bertz CT molecular complexity index is 136. The van der Waals surface area contributed by atoms with Crippen LogP contribution in [0.25, 0.3) is 0 Å². The topological polar surface area (TPSA) is 12.0 Å². The van der Waals surface area contributed by atoms with Crippen molar-refractivity contribution in [3.63, 3.8) is 0 Å². The Labute approximate surface area is 83.6 Å². The van der Waals surface area contributed by atoms with E-state index in [0.717, 1.165) is 13.1 Å². The van der Waals surface area contributed by atoms with Crippen molar-refractivity contribution in [2.24, 2.45) is 5.41 Å². The van der Waals surface area contributed by atoms with Crippen molar-refractivity contribution in [1.82, 2.24) is 5.32 Å². The van der Waals surface area contributed by atoms with Crippen LogP contribution in [0.2, 0.25) is 0 Å². The van der Waals surface area contributed by atoms with Crippen molar-refractivity contribution in [2.45, 2.75) is 47.0 Å². The van der Waals surface area contributed by atoms with Gasteiger partial charge >= 0.3 is 0 Å². The average Bonchev–Trinajstić information content (AvgIpc) is 2.09. The van der Waals surface area contributed by atoms with Crippen LogP contribution in [0, 0.1) is 5.41 Å². The van der Waals surface area contributed by atoms with E-state index in [2.05, 4.69) is 45.2 Å². The van der Waals surface area contributed by atoms with Crippen LogP contribution in [0.15, 0.2) is 12.2 Å². The summed E-state index contributed by atoms with van der Waals surface area (Å²) in [5, 5.41) is 3.44. The predicted octanol–water partition coefficient (Wildman–Crippen LogP) is 3.37. The second-order valence-corrected chi connectivity index (χ2v) is 4.44. The molecule has 78 valence electrons. The fraction of sp³-hybridized carbons (Fsp3) is 0.833. The molecule has 0 spiro atoms. The van der Waals surface area contributed by atoms with E-state index in [9.17, 15) is 0 Å². The molecule has 0 atom stereocenters. The fourth-order valence-corrected chi connectivity index (χ4v) is 1.27. The van der Waals surface area contributed by atoms with Crippen LogP contribution in [0.5, 0.6) is 0 Å². The average molecular weight is 183 g/mol. The molecule has 13 heavy (non-hydrogen) atoms. The van der Waals surface area contributed by atoms with Crippen LogP contribution >= 0.6 is 0 Å². The summed E-state index contributed by atoms with van der Waals surface area (Å²) in [6.45, 7) is 11.3. The van der Waals surface area contributed by atoms with Gasteiger partial charge in [0, 0.05) is 0 Å². The van der Waals surface area contributed by atoms with E-state index in [1.165, 1.54) is 19.3 Å². The molecule has 0 amide bonds. The molecule has 0 aromatic heterocycles. The van der Waals surface area contributed by atoms with Gasteiger partial charge in [0.05, 0.1) is 0 Å². The molecule has 0 heterocycles. The summed E-state index contributed by atoms with van der Waals surface area (Å²) in [4.78, 5) is 0. The molecule has 0 saturated heterocycles. The van der Waals surface area contributed by atoms with Gasteiger partial charge in [-0.3, -0.25) is 0 Å². The molecule has 0 aromatic carbocycles. The quantitative estimate of drug-likeness (QED) is 0.471. The van der Waals surface area contributed by atoms with Crippen LogP contribution < -0.4 is 5.32 Å². The second-order valence-electron chi connectivity index (χ2n) is 4.44. The summed E-state index contributed by atoms with van der Waals surface area (Å²) in [6, 6.07) is 0. The first-order valence-corrected chi connectivity index (χ1v) is 5.44. The third-order valence-electron chi connectivity index (χ3n) is 2.31. The lowest BCUT2D eigenvalue weighted by Gasteiger charge is -2.22. The fourth-order valence-electron chi connectivity index (χ4n) is 1.27. The first-order valence-electron chi connectivity index (χ1n) is 5.44. The summed E-state index contributed by atoms with van der Waals surface area (Å²) < 4.78 is 0. The Balaban J connectivity index is 3.50. The van der Waals surface area contributed by atoms with E-state index >= 15 is 0 Å². The SMILES string of the molecule is CC=CCC(C)(C)CCNCCC. The van der Waals surface area contributed by atoms with Crippen molar-refractivity contribution in [3.05, 3.63) is 12.2 Å². The zero-order valence-electron chi connectivity index (χ0n) is 9.69. The molecule has 0 aliphatic rings. The Morgan fingerprint density at radius 2 is 1.92 bits per heavy atom. The highest BCUT2D eigenvalue weighted by molar-refractivity contribution is 4.84. The summed E-state index contributed by atoms with van der Waals surface area (Å²) in [7, 11) is 0. The summed E-state index contributed by atoms with van der Waals surface area (Å²) in [5.74, 6) is 0. The number of hydrogen-bond donors (Lipinski definition) is 1. The normalized spacial score (nSPS) is 12.6. The van der Waals surface area contributed by atoms with Crippen molar-refractivity contribution in [1.29, 1.82) is 0 Å². The largest absolute Gasteiger partial charge is 0.317 e. The van der Waals surface area contributed by atoms with E-state index in [-0.39, 0.29) is 0 Å². The Morgan fingerprint density at radius 3 is 2.46 bits per heavy atom. The lowest BCUT2D eigenvalue weighted by molar-refractivity contribution is 0.332. The number of hydrogen-bond acceptors (Lipinski definition) is 1. The molecule has 0 unspecified atom stereocenters. The highest BCUT2D eigenvalue weighted by Crippen LogP contribution is 2.24. The highest BCUT2D eigenvalue weighted by Gasteiger charge is 2.14. The van der Waals surface area contributed by atoms with E-state index in [1.807, 2.05) is 0 Å². The number of nitrogens with one attached hydrogen (secondary N) is 1. The zero-order chi connectivity index (χ0) is 10.2. The van der Waals surface area contributed by atoms with Gasteiger partial charge in [-0.1, -0.05) is 32.9 Å². The van der Waals surface area contributed by atoms with E-state index in [1.54, 1.807) is 0 Å². The van der Waals surface area contributed by atoms with Gasteiger partial charge in [0.15, 0.2) is 0 Å². The molecule has 1 heteroatoms. The van der Waals surface area contributed by atoms with Crippen LogP contribution in [-0.2, 0) is 0 Å². The van der Waals surface area contributed by atoms with Gasteiger partial charge < -0.3 is 5.32 Å². The Kier molecular flexibility index (Phi) is 6.97. The third kappa shape index (κ3) is 8.04. The predicted molar refractivity (Wildman–Crippen MR) is 61.0 cm³/mol. The van der Waals surface area contributed by atoms with E-state index in [4.69, 9.17) is 0 Å². The van der Waals surface area contributed by atoms with Crippen molar-refractivity contribution >= 4 is 0 Å². The number of rotatable bonds is 7. The molecule has 1 nitrogen and oxygen atoms in total. The molecule has 0 fully saturated rings. The van der Waals surface area contributed by atoms with Gasteiger partial charge in [-0.2, -0.15) is 0 Å². The molecule has 0 radical (unpaired) electrons. The van der Waals surface area contributed by atoms with Gasteiger partial charge in [-0.25, -0.2) is 0 Å². The highest BCUT2D eigenvalue weighted by atomic mass is 14.8. The lowest BCUT2D eigenvalue weighted by Crippen LogP contribution is -2.22. The van der Waals surface area contributed by atoms with Gasteiger partial charge in [0.1, 0.15) is 0 Å². The van der Waals surface area contributed by atoms with Gasteiger partial charge in [-0.05, 0) is 44.7 Å². The molecular weight excluding hydrogens is 158 g/mol. The van der Waals surface area contributed by atoms with Crippen LogP contribution in [0.3, 0.4) is 0 Å². The summed E-state index contributed by atoms with van der Waals surface area (Å²) in [5.41, 5.74) is 0.452. The molecule has 0 bridgehead atoms.